The largest absolute Gasteiger partial charge is 0.342 e. The Morgan fingerprint density at radius 1 is 1.29 bits per heavy atom. The van der Waals surface area contributed by atoms with Crippen LogP contribution in [0.15, 0.2) is 18.2 Å². The van der Waals surface area contributed by atoms with Crippen LogP contribution in [0.4, 0.5) is 0 Å². The molecule has 0 fully saturated rings. The molecule has 0 radical (unpaired) electrons. The molecule has 1 heterocycles. The lowest BCUT2D eigenvalue weighted by Crippen LogP contribution is -1.79. The first-order valence-corrected chi connectivity index (χ1v) is 5.25. The third kappa shape index (κ3) is 2.13. The first kappa shape index (κ1) is 10.8. The smallest absolute Gasteiger partial charge is 0.106 e. The van der Waals surface area contributed by atoms with Crippen LogP contribution in [0.5, 0.6) is 0 Å². The predicted octanol–water partition coefficient (Wildman–Crippen LogP) is 3.46. The highest BCUT2D eigenvalue weighted by molar-refractivity contribution is 5.75. The predicted molar refractivity (Wildman–Crippen MR) is 61.6 cm³/mol. The number of nitrogens with zero attached hydrogens (tertiary/aromatic N) is 1. The van der Waals surface area contributed by atoms with E-state index in [-0.39, 0.29) is 0 Å². The molecule has 1 aromatic heterocycles. The Morgan fingerprint density at radius 3 is 2.64 bits per heavy atom. The van der Waals surface area contributed by atoms with E-state index >= 15 is 0 Å². The lowest BCUT2D eigenvalue weighted by molar-refractivity contribution is 1.00. The number of aryl methyl sites for hydroxylation is 2. The van der Waals surface area contributed by atoms with E-state index in [2.05, 4.69) is 42.0 Å². The van der Waals surface area contributed by atoms with E-state index in [0.29, 0.717) is 0 Å². The number of H-pyrrole nitrogens is 1. The Bertz CT molecular complexity index is 402. The number of rotatable bonds is 1. The van der Waals surface area contributed by atoms with Gasteiger partial charge in [-0.25, -0.2) is 4.98 Å². The molecule has 2 rings (SSSR count). The third-order valence-corrected chi connectivity index (χ3v) is 2.02. The molecule has 0 bridgehead atoms. The van der Waals surface area contributed by atoms with Crippen LogP contribution < -0.4 is 0 Å². The van der Waals surface area contributed by atoms with Gasteiger partial charge in [0.2, 0.25) is 0 Å². The van der Waals surface area contributed by atoms with Crippen LogP contribution in [-0.2, 0) is 6.42 Å². The van der Waals surface area contributed by atoms with Gasteiger partial charge in [0.1, 0.15) is 5.82 Å². The fourth-order valence-corrected chi connectivity index (χ4v) is 1.34. The van der Waals surface area contributed by atoms with Crippen LogP contribution >= 0.6 is 0 Å². The highest BCUT2D eigenvalue weighted by Crippen LogP contribution is 2.12. The van der Waals surface area contributed by atoms with E-state index in [1.807, 2.05) is 13.8 Å². The van der Waals surface area contributed by atoms with E-state index in [1.54, 1.807) is 0 Å². The van der Waals surface area contributed by atoms with Gasteiger partial charge in [-0.1, -0.05) is 26.8 Å². The molecule has 1 aromatic carbocycles. The molecule has 0 aliphatic carbocycles. The number of fused-ring (bicyclic) bond motifs is 1. The zero-order valence-electron chi connectivity index (χ0n) is 9.39. The second-order valence-electron chi connectivity index (χ2n) is 3.06. The van der Waals surface area contributed by atoms with Crippen LogP contribution in [0.1, 0.15) is 32.2 Å². The highest BCUT2D eigenvalue weighted by atomic mass is 14.9. The first-order chi connectivity index (χ1) is 6.79. The summed E-state index contributed by atoms with van der Waals surface area (Å²) in [4.78, 5) is 7.69. The molecular formula is C12H18N2. The fourth-order valence-electron chi connectivity index (χ4n) is 1.34. The molecule has 0 aliphatic heterocycles. The number of hydrogen-bond donors (Lipinski definition) is 1. The molecule has 0 spiro atoms. The van der Waals surface area contributed by atoms with Crippen LogP contribution in [0, 0.1) is 6.92 Å². The number of aromatic amines is 1. The zero-order valence-corrected chi connectivity index (χ0v) is 9.39. The van der Waals surface area contributed by atoms with Gasteiger partial charge in [0.25, 0.3) is 0 Å². The molecule has 1 N–H and O–H groups in total. The summed E-state index contributed by atoms with van der Waals surface area (Å²) in [5.41, 5.74) is 3.48. The van der Waals surface area contributed by atoms with Crippen LogP contribution in [-0.4, -0.2) is 9.97 Å². The van der Waals surface area contributed by atoms with E-state index in [1.165, 1.54) is 5.56 Å². The minimum atomic E-state index is 0.966. The standard InChI is InChI=1S/C10H12N2.C2H6/c1-3-10-11-8-5-4-7(2)6-9(8)12-10;1-2/h4-6H,3H2,1-2H3,(H,11,12);1-2H3. The average molecular weight is 190 g/mol. The summed E-state index contributed by atoms with van der Waals surface area (Å²) < 4.78 is 0. The number of benzene rings is 1. The number of aromatic nitrogens is 2. The van der Waals surface area contributed by atoms with Crippen molar-refractivity contribution < 1.29 is 0 Å². The summed E-state index contributed by atoms with van der Waals surface area (Å²) in [6.07, 6.45) is 0.966. The van der Waals surface area contributed by atoms with E-state index in [4.69, 9.17) is 0 Å². The summed E-state index contributed by atoms with van der Waals surface area (Å²) in [6.45, 7) is 8.19. The molecule has 0 amide bonds. The van der Waals surface area contributed by atoms with Gasteiger partial charge in [-0.05, 0) is 24.6 Å². The van der Waals surface area contributed by atoms with Gasteiger partial charge in [-0.2, -0.15) is 0 Å². The Morgan fingerprint density at radius 2 is 2.00 bits per heavy atom. The second-order valence-corrected chi connectivity index (χ2v) is 3.06. The number of nitrogens with one attached hydrogen (secondary N) is 1. The molecule has 76 valence electrons. The lowest BCUT2D eigenvalue weighted by Gasteiger charge is -1.89. The average Bonchev–Trinajstić information content (AvgIpc) is 2.62. The molecule has 14 heavy (non-hydrogen) atoms. The van der Waals surface area contributed by atoms with Gasteiger partial charge in [0, 0.05) is 6.42 Å². The summed E-state index contributed by atoms with van der Waals surface area (Å²) in [6, 6.07) is 6.27. The van der Waals surface area contributed by atoms with Crippen molar-refractivity contribution in [3.8, 4) is 0 Å². The zero-order chi connectivity index (χ0) is 10.6. The van der Waals surface area contributed by atoms with Gasteiger partial charge in [0.05, 0.1) is 11.0 Å². The van der Waals surface area contributed by atoms with Gasteiger partial charge >= 0.3 is 0 Å². The topological polar surface area (TPSA) is 28.7 Å². The van der Waals surface area contributed by atoms with Crippen LogP contribution in [0.25, 0.3) is 11.0 Å². The van der Waals surface area contributed by atoms with Gasteiger partial charge in [0.15, 0.2) is 0 Å². The Kier molecular flexibility index (Phi) is 3.69. The molecular weight excluding hydrogens is 172 g/mol. The Balaban J connectivity index is 0.000000461. The summed E-state index contributed by atoms with van der Waals surface area (Å²) in [5.74, 6) is 1.07. The highest BCUT2D eigenvalue weighted by Gasteiger charge is 1.99. The van der Waals surface area contributed by atoms with E-state index < -0.39 is 0 Å². The molecule has 2 aromatic rings. The minimum Gasteiger partial charge on any atom is -0.342 e. The van der Waals surface area contributed by atoms with Crippen molar-refractivity contribution >= 4 is 11.0 Å². The van der Waals surface area contributed by atoms with E-state index in [9.17, 15) is 0 Å². The quantitative estimate of drug-likeness (QED) is 0.733. The maximum absolute atomic E-state index is 4.42. The fraction of sp³-hybridized carbons (Fsp3) is 0.417. The van der Waals surface area contributed by atoms with Crippen molar-refractivity contribution in [2.45, 2.75) is 34.1 Å². The molecule has 0 unspecified atom stereocenters. The second kappa shape index (κ2) is 4.80. The maximum atomic E-state index is 4.42. The van der Waals surface area contributed by atoms with Gasteiger partial charge in [-0.15, -0.1) is 0 Å². The van der Waals surface area contributed by atoms with Crippen molar-refractivity contribution in [1.29, 1.82) is 0 Å². The normalized spacial score (nSPS) is 9.71. The number of imidazole rings is 1. The van der Waals surface area contributed by atoms with Crippen LogP contribution in [0.3, 0.4) is 0 Å². The third-order valence-electron chi connectivity index (χ3n) is 2.02. The van der Waals surface area contributed by atoms with Crippen molar-refractivity contribution in [2.75, 3.05) is 0 Å². The van der Waals surface area contributed by atoms with E-state index in [0.717, 1.165) is 23.3 Å². The first-order valence-electron chi connectivity index (χ1n) is 5.25. The molecule has 2 heteroatoms. The van der Waals surface area contributed by atoms with Crippen molar-refractivity contribution in [2.24, 2.45) is 0 Å². The lowest BCUT2D eigenvalue weighted by atomic mass is 10.2. The van der Waals surface area contributed by atoms with Crippen molar-refractivity contribution in [1.82, 2.24) is 9.97 Å². The summed E-state index contributed by atoms with van der Waals surface area (Å²) in [5, 5.41) is 0. The van der Waals surface area contributed by atoms with Crippen LogP contribution in [0.2, 0.25) is 0 Å². The molecule has 2 nitrogen and oxygen atoms in total. The van der Waals surface area contributed by atoms with Gasteiger partial charge in [-0.3, -0.25) is 0 Å². The van der Waals surface area contributed by atoms with Crippen molar-refractivity contribution in [3.05, 3.63) is 29.6 Å². The molecule has 0 saturated carbocycles. The van der Waals surface area contributed by atoms with Crippen molar-refractivity contribution in [3.63, 3.8) is 0 Å². The SMILES string of the molecule is CC.CCc1nc2ccc(C)cc2[nH]1. The Hall–Kier alpha value is -1.31. The van der Waals surface area contributed by atoms with Gasteiger partial charge < -0.3 is 4.98 Å². The number of hydrogen-bond acceptors (Lipinski definition) is 1. The Labute approximate surface area is 85.4 Å². The molecule has 0 atom stereocenters. The molecule has 0 saturated heterocycles. The summed E-state index contributed by atoms with van der Waals surface area (Å²) >= 11 is 0. The monoisotopic (exact) mass is 190 g/mol. The summed E-state index contributed by atoms with van der Waals surface area (Å²) in [7, 11) is 0. The minimum absolute atomic E-state index is 0.966. The molecule has 0 aliphatic rings. The maximum Gasteiger partial charge on any atom is 0.106 e.